The predicted molar refractivity (Wildman–Crippen MR) is 119 cm³/mol. The van der Waals surface area contributed by atoms with Crippen LogP contribution >= 0.6 is 0 Å². The summed E-state index contributed by atoms with van der Waals surface area (Å²) >= 11 is 0. The van der Waals surface area contributed by atoms with Crippen LogP contribution in [0.1, 0.15) is 12.8 Å². The minimum atomic E-state index is -1.44. The fraction of sp³-hybridized carbons (Fsp3) is 0.304. The Morgan fingerprint density at radius 3 is 2.68 bits per heavy atom. The van der Waals surface area contributed by atoms with E-state index >= 15 is 0 Å². The van der Waals surface area contributed by atoms with Crippen LogP contribution in [0.15, 0.2) is 41.5 Å². The number of benzene rings is 1. The number of amides is 3. The van der Waals surface area contributed by atoms with Crippen molar-refractivity contribution in [1.29, 1.82) is 0 Å². The van der Waals surface area contributed by atoms with Crippen molar-refractivity contribution in [2.75, 3.05) is 36.0 Å². The molecule has 0 bridgehead atoms. The second kappa shape index (κ2) is 8.81. The molecule has 3 amide bonds. The van der Waals surface area contributed by atoms with Gasteiger partial charge in [0.2, 0.25) is 0 Å². The molecule has 0 unspecified atom stereocenters. The Morgan fingerprint density at radius 2 is 2.00 bits per heavy atom. The fourth-order valence-electron chi connectivity index (χ4n) is 4.18. The van der Waals surface area contributed by atoms with Crippen molar-refractivity contribution < 1.29 is 27.5 Å². The Balaban J connectivity index is 1.36. The van der Waals surface area contributed by atoms with Crippen molar-refractivity contribution in [2.24, 2.45) is 4.99 Å². The summed E-state index contributed by atoms with van der Waals surface area (Å²) in [6.45, 7) is 1.46. The molecule has 2 saturated heterocycles. The van der Waals surface area contributed by atoms with Gasteiger partial charge in [-0.25, -0.2) is 27.7 Å². The first-order chi connectivity index (χ1) is 16.4. The van der Waals surface area contributed by atoms with E-state index in [1.54, 1.807) is 0 Å². The largest absolute Gasteiger partial charge is 0.444 e. The van der Waals surface area contributed by atoms with E-state index in [4.69, 9.17) is 4.74 Å². The molecule has 1 aromatic heterocycles. The van der Waals surface area contributed by atoms with Gasteiger partial charge in [-0.15, -0.1) is 0 Å². The second-order valence-electron chi connectivity index (χ2n) is 8.06. The van der Waals surface area contributed by atoms with Crippen LogP contribution in [-0.2, 0) is 4.74 Å². The average Bonchev–Trinajstić information content (AvgIpc) is 3.57. The molecule has 2 aromatic rings. The van der Waals surface area contributed by atoms with Crippen molar-refractivity contribution in [3.05, 3.63) is 54.0 Å². The first-order valence-corrected chi connectivity index (χ1v) is 10.8. The Morgan fingerprint density at radius 1 is 1.15 bits per heavy atom. The minimum absolute atomic E-state index is 0.00364. The topological polar surface area (TPSA) is 87.1 Å². The fourth-order valence-corrected chi connectivity index (χ4v) is 4.18. The van der Waals surface area contributed by atoms with Crippen LogP contribution in [0.25, 0.3) is 11.1 Å². The normalized spacial score (nSPS) is 19.6. The standard InChI is InChI=1S/C23H20F3N5O3/c24-16-10-17(31-12-15(34-23(31)33)5-4-14-2-1-7-27-14)20(25)21(26)19(16)13-3-6-18(29-11-13)30-9-8-28-22(30)32/h1-3,6,10-11,15H,4-5,7-9,12H2,(H,28,32)/t15-/m0/s1. The van der Waals surface area contributed by atoms with Gasteiger partial charge in [0.15, 0.2) is 11.6 Å². The second-order valence-corrected chi connectivity index (χ2v) is 8.06. The van der Waals surface area contributed by atoms with Crippen molar-refractivity contribution in [1.82, 2.24) is 10.3 Å². The molecule has 4 heterocycles. The number of cyclic esters (lactones) is 1. The van der Waals surface area contributed by atoms with Gasteiger partial charge in [-0.2, -0.15) is 0 Å². The molecule has 11 heteroatoms. The zero-order chi connectivity index (χ0) is 23.8. The van der Waals surface area contributed by atoms with E-state index in [0.29, 0.717) is 38.3 Å². The van der Waals surface area contributed by atoms with Gasteiger partial charge >= 0.3 is 12.1 Å². The Hall–Kier alpha value is -3.89. The summed E-state index contributed by atoms with van der Waals surface area (Å²) in [5, 5.41) is 2.63. The Kier molecular flexibility index (Phi) is 5.68. The zero-order valence-corrected chi connectivity index (χ0v) is 17.9. The lowest BCUT2D eigenvalue weighted by atomic mass is 10.0. The van der Waals surface area contributed by atoms with E-state index in [2.05, 4.69) is 15.3 Å². The van der Waals surface area contributed by atoms with Gasteiger partial charge in [0.25, 0.3) is 0 Å². The van der Waals surface area contributed by atoms with E-state index in [1.807, 2.05) is 12.2 Å². The predicted octanol–water partition coefficient (Wildman–Crippen LogP) is 3.81. The maximum atomic E-state index is 15.0. The first-order valence-electron chi connectivity index (χ1n) is 10.8. The van der Waals surface area contributed by atoms with E-state index < -0.39 is 40.9 Å². The summed E-state index contributed by atoms with van der Waals surface area (Å²) in [4.78, 5) is 34.7. The Labute approximate surface area is 192 Å². The number of carbonyl (C=O) groups is 2. The number of anilines is 2. The van der Waals surface area contributed by atoms with E-state index in [0.717, 1.165) is 16.7 Å². The third-order valence-electron chi connectivity index (χ3n) is 5.91. The van der Waals surface area contributed by atoms with Crippen LogP contribution in [0.4, 0.5) is 34.3 Å². The smallest absolute Gasteiger partial charge is 0.414 e. The molecule has 34 heavy (non-hydrogen) atoms. The SMILES string of the molecule is O=C1NCCN1c1ccc(-c2c(F)cc(N3C[C@H](CCC4=NCC=C4)OC3=O)c(F)c2F)cn1. The third kappa shape index (κ3) is 3.97. The highest BCUT2D eigenvalue weighted by atomic mass is 19.2. The number of hydrogen-bond donors (Lipinski definition) is 1. The molecule has 3 aliphatic heterocycles. The van der Waals surface area contributed by atoms with Gasteiger partial charge < -0.3 is 10.1 Å². The van der Waals surface area contributed by atoms with Gasteiger partial charge in [0.05, 0.1) is 24.3 Å². The highest BCUT2D eigenvalue weighted by Gasteiger charge is 2.36. The van der Waals surface area contributed by atoms with Crippen LogP contribution in [0, 0.1) is 17.5 Å². The molecule has 5 rings (SSSR count). The number of nitrogens with one attached hydrogen (secondary N) is 1. The number of rotatable bonds is 6. The monoisotopic (exact) mass is 471 g/mol. The van der Waals surface area contributed by atoms with Crippen LogP contribution in [0.3, 0.4) is 0 Å². The molecule has 0 spiro atoms. The summed E-state index contributed by atoms with van der Waals surface area (Å²) in [6, 6.07) is 3.24. The number of halogens is 3. The molecule has 0 aliphatic carbocycles. The van der Waals surface area contributed by atoms with Crippen molar-refractivity contribution in [3.8, 4) is 11.1 Å². The number of pyridine rings is 1. The highest BCUT2D eigenvalue weighted by molar-refractivity contribution is 5.96. The minimum Gasteiger partial charge on any atom is -0.444 e. The molecule has 0 radical (unpaired) electrons. The average molecular weight is 471 g/mol. The molecule has 176 valence electrons. The molecule has 1 N–H and O–H groups in total. The maximum absolute atomic E-state index is 15.0. The molecule has 8 nitrogen and oxygen atoms in total. The quantitative estimate of drug-likeness (QED) is 0.649. The van der Waals surface area contributed by atoms with E-state index in [9.17, 15) is 22.8 Å². The number of aliphatic imine (C=N–C) groups is 1. The molecule has 3 aliphatic rings. The Bertz CT molecular complexity index is 1220. The molecular weight excluding hydrogens is 451 g/mol. The number of urea groups is 1. The number of allylic oxidation sites excluding steroid dienone is 1. The first kappa shape index (κ1) is 21.9. The van der Waals surface area contributed by atoms with Crippen molar-refractivity contribution in [2.45, 2.75) is 18.9 Å². The summed E-state index contributed by atoms with van der Waals surface area (Å²) < 4.78 is 50.2. The van der Waals surface area contributed by atoms with Crippen LogP contribution < -0.4 is 15.1 Å². The molecule has 0 saturated carbocycles. The van der Waals surface area contributed by atoms with Crippen molar-refractivity contribution >= 4 is 29.3 Å². The molecular formula is C23H20F3N5O3. The lowest BCUT2D eigenvalue weighted by Gasteiger charge is -2.17. The summed E-state index contributed by atoms with van der Waals surface area (Å²) in [5.74, 6) is -3.55. The van der Waals surface area contributed by atoms with Gasteiger partial charge in [-0.3, -0.25) is 14.8 Å². The number of carbonyl (C=O) groups excluding carboxylic acids is 2. The number of nitrogens with zero attached hydrogens (tertiary/aromatic N) is 4. The van der Waals surface area contributed by atoms with Gasteiger partial charge in [-0.05, 0) is 31.1 Å². The molecule has 1 atom stereocenters. The van der Waals surface area contributed by atoms with Crippen molar-refractivity contribution in [3.63, 3.8) is 0 Å². The zero-order valence-electron chi connectivity index (χ0n) is 17.9. The lowest BCUT2D eigenvalue weighted by molar-refractivity contribution is 0.138. The maximum Gasteiger partial charge on any atom is 0.414 e. The third-order valence-corrected chi connectivity index (χ3v) is 5.91. The van der Waals surface area contributed by atoms with E-state index in [1.165, 1.54) is 23.2 Å². The molecule has 2 fully saturated rings. The number of hydrogen-bond acceptors (Lipinski definition) is 5. The van der Waals surface area contributed by atoms with Crippen LogP contribution in [-0.4, -0.2) is 55.1 Å². The van der Waals surface area contributed by atoms with Crippen LogP contribution in [0.5, 0.6) is 0 Å². The van der Waals surface area contributed by atoms with Gasteiger partial charge in [0, 0.05) is 36.6 Å². The summed E-state index contributed by atoms with van der Waals surface area (Å²) in [6.07, 6.45) is 4.60. The number of aromatic nitrogens is 1. The number of ether oxygens (including phenoxy) is 1. The summed E-state index contributed by atoms with van der Waals surface area (Å²) in [7, 11) is 0. The summed E-state index contributed by atoms with van der Waals surface area (Å²) in [5.41, 5.74) is -0.257. The lowest BCUT2D eigenvalue weighted by Crippen LogP contribution is -2.28. The van der Waals surface area contributed by atoms with Gasteiger partial charge in [0.1, 0.15) is 17.7 Å². The van der Waals surface area contributed by atoms with E-state index in [-0.39, 0.29) is 18.1 Å². The van der Waals surface area contributed by atoms with Crippen LogP contribution in [0.2, 0.25) is 0 Å². The van der Waals surface area contributed by atoms with Gasteiger partial charge in [-0.1, -0.05) is 6.08 Å². The highest BCUT2D eigenvalue weighted by Crippen LogP contribution is 2.35. The molecule has 1 aromatic carbocycles.